The smallest absolute Gasteiger partial charge is 0.318 e. The van der Waals surface area contributed by atoms with E-state index in [1.54, 1.807) is 13.2 Å². The molecule has 0 bridgehead atoms. The largest absolute Gasteiger partial charge is 0.384 e. The number of piperazine rings is 1. The van der Waals surface area contributed by atoms with Crippen molar-refractivity contribution < 1.29 is 23.2 Å². The fourth-order valence-corrected chi connectivity index (χ4v) is 2.80. The van der Waals surface area contributed by atoms with Crippen molar-refractivity contribution in [3.63, 3.8) is 0 Å². The van der Waals surface area contributed by atoms with Crippen LogP contribution in [0.2, 0.25) is 0 Å². The Morgan fingerprint density at radius 3 is 3.15 bits per heavy atom. The molecular formula is C17H20FN5O4. The summed E-state index contributed by atoms with van der Waals surface area (Å²) in [6, 6.07) is 4.27. The van der Waals surface area contributed by atoms with Crippen molar-refractivity contribution in [3.05, 3.63) is 47.4 Å². The normalized spacial score (nSPS) is 16.9. The third-order valence-electron chi connectivity index (χ3n) is 4.07. The second kappa shape index (κ2) is 8.58. The highest BCUT2D eigenvalue weighted by molar-refractivity contribution is 5.89. The Hall–Kier alpha value is -3.01. The standard InChI is InChI=1S/C17H20FN5O4/c1-26-8-5-14-21-13(22-27-14)10-20-17(25)23-7-6-19-16(24)15(23)11-3-2-4-12(18)9-11/h2-4,9,15H,5-8,10H2,1H3,(H,19,24)(H,20,25)/t15-/m1/s1. The number of carbonyl (C=O) groups is 2. The Labute approximate surface area is 154 Å². The van der Waals surface area contributed by atoms with Crippen LogP contribution in [0.4, 0.5) is 9.18 Å². The first-order valence-electron chi connectivity index (χ1n) is 8.46. The van der Waals surface area contributed by atoms with E-state index in [9.17, 15) is 14.0 Å². The Bertz CT molecular complexity index is 812. The Morgan fingerprint density at radius 1 is 1.52 bits per heavy atom. The van der Waals surface area contributed by atoms with Crippen molar-refractivity contribution >= 4 is 11.9 Å². The van der Waals surface area contributed by atoms with E-state index in [2.05, 4.69) is 20.8 Å². The van der Waals surface area contributed by atoms with Crippen LogP contribution in [0, 0.1) is 5.82 Å². The minimum atomic E-state index is -0.906. The number of halogens is 1. The van der Waals surface area contributed by atoms with E-state index in [-0.39, 0.29) is 12.5 Å². The van der Waals surface area contributed by atoms with Crippen LogP contribution in [-0.4, -0.2) is 53.8 Å². The molecule has 3 rings (SSSR count). The molecule has 1 aromatic carbocycles. The molecule has 0 aliphatic carbocycles. The van der Waals surface area contributed by atoms with Gasteiger partial charge in [-0.3, -0.25) is 4.79 Å². The lowest BCUT2D eigenvalue weighted by molar-refractivity contribution is -0.127. The van der Waals surface area contributed by atoms with E-state index < -0.39 is 17.9 Å². The highest BCUT2D eigenvalue weighted by Crippen LogP contribution is 2.24. The molecule has 1 atom stereocenters. The first kappa shape index (κ1) is 18.8. The first-order chi connectivity index (χ1) is 13.1. The molecule has 1 aliphatic rings. The second-order valence-electron chi connectivity index (χ2n) is 5.95. The number of hydrogen-bond donors (Lipinski definition) is 2. The van der Waals surface area contributed by atoms with Gasteiger partial charge in [-0.25, -0.2) is 9.18 Å². The molecule has 3 amide bonds. The van der Waals surface area contributed by atoms with Gasteiger partial charge in [0.25, 0.3) is 0 Å². The molecule has 1 aliphatic heterocycles. The summed E-state index contributed by atoms with van der Waals surface area (Å²) in [4.78, 5) is 30.4. The van der Waals surface area contributed by atoms with Gasteiger partial charge in [0.15, 0.2) is 5.82 Å². The number of urea groups is 1. The number of hydrogen-bond acceptors (Lipinski definition) is 6. The third kappa shape index (κ3) is 4.59. The average molecular weight is 377 g/mol. The predicted molar refractivity (Wildman–Crippen MR) is 91.0 cm³/mol. The van der Waals surface area contributed by atoms with Crippen LogP contribution in [0.1, 0.15) is 23.3 Å². The van der Waals surface area contributed by atoms with Crippen LogP contribution in [0.25, 0.3) is 0 Å². The fourth-order valence-electron chi connectivity index (χ4n) is 2.80. The monoisotopic (exact) mass is 377 g/mol. The summed E-state index contributed by atoms with van der Waals surface area (Å²) in [7, 11) is 1.57. The number of carbonyl (C=O) groups excluding carboxylic acids is 2. The fraction of sp³-hybridized carbons (Fsp3) is 0.412. The summed E-state index contributed by atoms with van der Waals surface area (Å²) in [6.07, 6.45) is 0.478. The van der Waals surface area contributed by atoms with Gasteiger partial charge < -0.3 is 24.8 Å². The zero-order valence-corrected chi connectivity index (χ0v) is 14.8. The molecule has 1 saturated heterocycles. The van der Waals surface area contributed by atoms with Crippen LogP contribution in [0.15, 0.2) is 28.8 Å². The maximum atomic E-state index is 13.6. The minimum absolute atomic E-state index is 0.0449. The lowest BCUT2D eigenvalue weighted by Gasteiger charge is -2.35. The number of rotatable bonds is 6. The van der Waals surface area contributed by atoms with E-state index in [0.29, 0.717) is 43.4 Å². The van der Waals surface area contributed by atoms with Gasteiger partial charge in [0.1, 0.15) is 11.9 Å². The molecule has 0 radical (unpaired) electrons. The summed E-state index contributed by atoms with van der Waals surface area (Å²) in [6.45, 7) is 1.11. The molecule has 10 heteroatoms. The maximum absolute atomic E-state index is 13.6. The summed E-state index contributed by atoms with van der Waals surface area (Å²) in [5.41, 5.74) is 0.406. The molecule has 0 spiro atoms. The number of benzene rings is 1. The molecular weight excluding hydrogens is 357 g/mol. The molecule has 1 aromatic heterocycles. The van der Waals surface area contributed by atoms with Crippen molar-refractivity contribution in [1.82, 2.24) is 25.7 Å². The molecule has 2 aromatic rings. The molecule has 1 fully saturated rings. The summed E-state index contributed by atoms with van der Waals surface area (Å²) >= 11 is 0. The van der Waals surface area contributed by atoms with Crippen molar-refractivity contribution in [2.24, 2.45) is 0 Å². The molecule has 0 unspecified atom stereocenters. The molecule has 144 valence electrons. The van der Waals surface area contributed by atoms with Gasteiger partial charge in [-0.2, -0.15) is 4.98 Å². The lowest BCUT2D eigenvalue weighted by Crippen LogP contribution is -2.54. The number of nitrogens with zero attached hydrogens (tertiary/aromatic N) is 3. The lowest BCUT2D eigenvalue weighted by atomic mass is 10.0. The first-order valence-corrected chi connectivity index (χ1v) is 8.46. The number of aromatic nitrogens is 2. The number of amides is 3. The van der Waals surface area contributed by atoms with Gasteiger partial charge in [0, 0.05) is 20.2 Å². The third-order valence-corrected chi connectivity index (χ3v) is 4.07. The van der Waals surface area contributed by atoms with Crippen molar-refractivity contribution in [2.45, 2.75) is 19.0 Å². The zero-order chi connectivity index (χ0) is 19.2. The minimum Gasteiger partial charge on any atom is -0.384 e. The van der Waals surface area contributed by atoms with Crippen LogP contribution in [-0.2, 0) is 22.5 Å². The number of ether oxygens (including phenoxy) is 1. The summed E-state index contributed by atoms with van der Waals surface area (Å²) in [5, 5.41) is 9.15. The van der Waals surface area contributed by atoms with Crippen LogP contribution >= 0.6 is 0 Å². The van der Waals surface area contributed by atoms with Crippen LogP contribution < -0.4 is 10.6 Å². The van der Waals surface area contributed by atoms with Crippen LogP contribution in [0.3, 0.4) is 0 Å². The van der Waals surface area contributed by atoms with Gasteiger partial charge in [-0.1, -0.05) is 17.3 Å². The summed E-state index contributed by atoms with van der Waals surface area (Å²) in [5.74, 6) is -0.0978. The van der Waals surface area contributed by atoms with Gasteiger partial charge in [0.05, 0.1) is 19.6 Å². The molecule has 2 heterocycles. The number of nitrogens with one attached hydrogen (secondary N) is 2. The quantitative estimate of drug-likeness (QED) is 0.770. The highest BCUT2D eigenvalue weighted by Gasteiger charge is 2.34. The Morgan fingerprint density at radius 2 is 2.37 bits per heavy atom. The maximum Gasteiger partial charge on any atom is 0.318 e. The molecule has 27 heavy (non-hydrogen) atoms. The van der Waals surface area contributed by atoms with E-state index in [0.717, 1.165) is 0 Å². The van der Waals surface area contributed by atoms with Crippen molar-refractivity contribution in [3.8, 4) is 0 Å². The predicted octanol–water partition coefficient (Wildman–Crippen LogP) is 0.780. The SMILES string of the molecule is COCCc1nc(CNC(=O)N2CCNC(=O)[C@H]2c2cccc(F)c2)no1. The van der Waals surface area contributed by atoms with Gasteiger partial charge in [0.2, 0.25) is 11.8 Å². The van der Waals surface area contributed by atoms with Gasteiger partial charge in [-0.05, 0) is 17.7 Å². The summed E-state index contributed by atoms with van der Waals surface area (Å²) < 4.78 is 23.5. The average Bonchev–Trinajstić information content (AvgIpc) is 3.12. The number of methoxy groups -OCH3 is 1. The molecule has 2 N–H and O–H groups in total. The Balaban J connectivity index is 1.66. The van der Waals surface area contributed by atoms with Gasteiger partial charge in [-0.15, -0.1) is 0 Å². The second-order valence-corrected chi connectivity index (χ2v) is 5.95. The van der Waals surface area contributed by atoms with Crippen molar-refractivity contribution in [1.29, 1.82) is 0 Å². The van der Waals surface area contributed by atoms with E-state index in [1.807, 2.05) is 0 Å². The zero-order valence-electron chi connectivity index (χ0n) is 14.8. The topological polar surface area (TPSA) is 110 Å². The Kier molecular flexibility index (Phi) is 5.97. The van der Waals surface area contributed by atoms with Crippen LogP contribution in [0.5, 0.6) is 0 Å². The highest BCUT2D eigenvalue weighted by atomic mass is 19.1. The van der Waals surface area contributed by atoms with E-state index in [4.69, 9.17) is 9.26 Å². The molecule has 9 nitrogen and oxygen atoms in total. The van der Waals surface area contributed by atoms with E-state index in [1.165, 1.54) is 23.1 Å². The molecule has 0 saturated carbocycles. The van der Waals surface area contributed by atoms with E-state index >= 15 is 0 Å². The van der Waals surface area contributed by atoms with Crippen molar-refractivity contribution in [2.75, 3.05) is 26.8 Å². The van der Waals surface area contributed by atoms with Gasteiger partial charge >= 0.3 is 6.03 Å².